The highest BCUT2D eigenvalue weighted by Gasteiger charge is 2.22. The van der Waals surface area contributed by atoms with E-state index >= 15 is 0 Å². The van der Waals surface area contributed by atoms with Crippen molar-refractivity contribution in [2.24, 2.45) is 5.92 Å². The Balaban J connectivity index is 2.52. The molecule has 0 saturated carbocycles. The van der Waals surface area contributed by atoms with Crippen LogP contribution in [0.3, 0.4) is 0 Å². The van der Waals surface area contributed by atoms with Crippen molar-refractivity contribution < 1.29 is 18.7 Å². The number of aromatic nitrogens is 1. The van der Waals surface area contributed by atoms with Crippen LogP contribution in [-0.4, -0.2) is 16.1 Å². The van der Waals surface area contributed by atoms with E-state index in [4.69, 9.17) is 9.52 Å². The van der Waals surface area contributed by atoms with Crippen molar-refractivity contribution in [2.75, 3.05) is 0 Å². The van der Waals surface area contributed by atoms with Crippen molar-refractivity contribution in [3.05, 3.63) is 39.9 Å². The lowest BCUT2D eigenvalue weighted by molar-refractivity contribution is 0.0661. The van der Waals surface area contributed by atoms with Crippen molar-refractivity contribution in [1.82, 2.24) is 4.98 Å². The number of halogens is 2. The molecule has 0 amide bonds. The van der Waals surface area contributed by atoms with Gasteiger partial charge in [-0.15, -0.1) is 0 Å². The minimum atomic E-state index is -1.20. The van der Waals surface area contributed by atoms with E-state index in [2.05, 4.69) is 20.9 Å². The first-order valence-corrected chi connectivity index (χ1v) is 6.86. The van der Waals surface area contributed by atoms with Crippen molar-refractivity contribution in [1.29, 1.82) is 0 Å². The van der Waals surface area contributed by atoms with Crippen LogP contribution in [0.1, 0.15) is 30.1 Å². The molecular weight excluding hydrogens is 329 g/mol. The standard InChI is InChI=1S/C14H13BrFNO3/c1-7(2)5-11-12(14(18)19)20-13(17-11)9-6-8(15)3-4-10(9)16/h3-4,6-7H,5H2,1-2H3,(H,18,19). The van der Waals surface area contributed by atoms with Gasteiger partial charge < -0.3 is 9.52 Å². The number of aromatic carboxylic acids is 1. The first-order valence-electron chi connectivity index (χ1n) is 6.07. The normalized spacial score (nSPS) is 11.1. The highest BCUT2D eigenvalue weighted by atomic mass is 79.9. The molecule has 0 bridgehead atoms. The smallest absolute Gasteiger partial charge is 0.373 e. The largest absolute Gasteiger partial charge is 0.475 e. The van der Waals surface area contributed by atoms with Gasteiger partial charge >= 0.3 is 5.97 Å². The Morgan fingerprint density at radius 1 is 1.50 bits per heavy atom. The molecule has 106 valence electrons. The fourth-order valence-corrected chi connectivity index (χ4v) is 2.18. The first-order chi connectivity index (χ1) is 9.38. The molecular formula is C14H13BrFNO3. The summed E-state index contributed by atoms with van der Waals surface area (Å²) < 4.78 is 19.7. The molecule has 1 heterocycles. The van der Waals surface area contributed by atoms with Crippen molar-refractivity contribution in [3.63, 3.8) is 0 Å². The quantitative estimate of drug-likeness (QED) is 0.907. The van der Waals surface area contributed by atoms with E-state index in [0.717, 1.165) is 0 Å². The molecule has 0 unspecified atom stereocenters. The maximum absolute atomic E-state index is 13.8. The van der Waals surface area contributed by atoms with Gasteiger partial charge in [0, 0.05) is 4.47 Å². The van der Waals surface area contributed by atoms with Crippen LogP contribution in [0.2, 0.25) is 0 Å². The summed E-state index contributed by atoms with van der Waals surface area (Å²) in [5, 5.41) is 9.13. The highest BCUT2D eigenvalue weighted by molar-refractivity contribution is 9.10. The molecule has 4 nitrogen and oxygen atoms in total. The van der Waals surface area contributed by atoms with E-state index in [1.165, 1.54) is 12.1 Å². The third-order valence-corrected chi connectivity index (χ3v) is 3.15. The zero-order valence-electron chi connectivity index (χ0n) is 11.0. The molecule has 1 N–H and O–H groups in total. The topological polar surface area (TPSA) is 63.3 Å². The van der Waals surface area contributed by atoms with Crippen LogP contribution >= 0.6 is 15.9 Å². The van der Waals surface area contributed by atoms with E-state index in [1.807, 2.05) is 13.8 Å². The van der Waals surface area contributed by atoms with Crippen LogP contribution in [0.4, 0.5) is 4.39 Å². The highest BCUT2D eigenvalue weighted by Crippen LogP contribution is 2.28. The Labute approximate surface area is 123 Å². The summed E-state index contributed by atoms with van der Waals surface area (Å²) in [5.74, 6) is -1.74. The lowest BCUT2D eigenvalue weighted by Crippen LogP contribution is -2.03. The Morgan fingerprint density at radius 2 is 2.20 bits per heavy atom. The average molecular weight is 342 g/mol. The van der Waals surface area contributed by atoms with Gasteiger partial charge in [-0.25, -0.2) is 14.2 Å². The Bertz CT molecular complexity index is 652. The molecule has 1 aromatic carbocycles. The summed E-state index contributed by atoms with van der Waals surface area (Å²) in [6.45, 7) is 3.89. The molecule has 0 aliphatic rings. The van der Waals surface area contributed by atoms with E-state index in [1.54, 1.807) is 6.07 Å². The summed E-state index contributed by atoms with van der Waals surface area (Å²) >= 11 is 3.24. The molecule has 0 atom stereocenters. The molecule has 1 aromatic heterocycles. The molecule has 0 aliphatic heterocycles. The molecule has 0 radical (unpaired) electrons. The van der Waals surface area contributed by atoms with Crippen LogP contribution in [0.25, 0.3) is 11.5 Å². The lowest BCUT2D eigenvalue weighted by Gasteiger charge is -2.00. The lowest BCUT2D eigenvalue weighted by atomic mass is 10.1. The molecule has 0 fully saturated rings. The van der Waals surface area contributed by atoms with Gasteiger partial charge in [0.2, 0.25) is 11.7 Å². The fraction of sp³-hybridized carbons (Fsp3) is 0.286. The Hall–Kier alpha value is -1.69. The predicted octanol–water partition coefficient (Wildman–Crippen LogP) is 4.14. The van der Waals surface area contributed by atoms with E-state index in [9.17, 15) is 9.18 Å². The summed E-state index contributed by atoms with van der Waals surface area (Å²) in [6, 6.07) is 4.33. The summed E-state index contributed by atoms with van der Waals surface area (Å²) in [4.78, 5) is 15.3. The van der Waals surface area contributed by atoms with Gasteiger partial charge in [-0.05, 0) is 30.5 Å². The van der Waals surface area contributed by atoms with Crippen molar-refractivity contribution in [3.8, 4) is 11.5 Å². The molecule has 20 heavy (non-hydrogen) atoms. The zero-order chi connectivity index (χ0) is 14.9. The van der Waals surface area contributed by atoms with Gasteiger partial charge in [-0.1, -0.05) is 29.8 Å². The Morgan fingerprint density at radius 3 is 2.80 bits per heavy atom. The maximum Gasteiger partial charge on any atom is 0.373 e. The molecule has 2 rings (SSSR count). The van der Waals surface area contributed by atoms with Crippen LogP contribution in [0.5, 0.6) is 0 Å². The molecule has 0 spiro atoms. The van der Waals surface area contributed by atoms with Gasteiger partial charge in [0.1, 0.15) is 5.82 Å². The van der Waals surface area contributed by atoms with Crippen LogP contribution in [0.15, 0.2) is 27.1 Å². The van der Waals surface area contributed by atoms with Gasteiger partial charge in [0.25, 0.3) is 0 Å². The summed E-state index contributed by atoms with van der Waals surface area (Å²) in [5.41, 5.74) is 0.471. The van der Waals surface area contributed by atoms with Crippen LogP contribution in [-0.2, 0) is 6.42 Å². The number of carboxylic acids is 1. The number of carboxylic acid groups (broad SMARTS) is 1. The fourth-order valence-electron chi connectivity index (χ4n) is 1.82. The summed E-state index contributed by atoms with van der Waals surface area (Å²) in [6.07, 6.45) is 0.459. The van der Waals surface area contributed by atoms with Gasteiger partial charge in [-0.3, -0.25) is 0 Å². The Kier molecular flexibility index (Phi) is 4.23. The number of nitrogens with zero attached hydrogens (tertiary/aromatic N) is 1. The monoisotopic (exact) mass is 341 g/mol. The molecule has 6 heteroatoms. The second-order valence-electron chi connectivity index (χ2n) is 4.82. The first kappa shape index (κ1) is 14.7. The molecule has 0 aliphatic carbocycles. The maximum atomic E-state index is 13.8. The van der Waals surface area contributed by atoms with Crippen molar-refractivity contribution >= 4 is 21.9 Å². The number of hydrogen-bond acceptors (Lipinski definition) is 3. The van der Waals surface area contributed by atoms with Crippen LogP contribution in [0, 0.1) is 11.7 Å². The molecule has 2 aromatic rings. The van der Waals surface area contributed by atoms with E-state index < -0.39 is 11.8 Å². The van der Waals surface area contributed by atoms with Gasteiger partial charge in [-0.2, -0.15) is 0 Å². The van der Waals surface area contributed by atoms with Gasteiger partial charge in [0.05, 0.1) is 11.3 Å². The minimum Gasteiger partial charge on any atom is -0.475 e. The van der Waals surface area contributed by atoms with E-state index in [0.29, 0.717) is 16.6 Å². The summed E-state index contributed by atoms with van der Waals surface area (Å²) in [7, 11) is 0. The van der Waals surface area contributed by atoms with Gasteiger partial charge in [0.15, 0.2) is 0 Å². The van der Waals surface area contributed by atoms with E-state index in [-0.39, 0.29) is 23.1 Å². The number of carbonyl (C=O) groups is 1. The zero-order valence-corrected chi connectivity index (χ0v) is 12.6. The number of rotatable bonds is 4. The third kappa shape index (κ3) is 3.07. The third-order valence-electron chi connectivity index (χ3n) is 2.65. The number of benzene rings is 1. The number of hydrogen-bond donors (Lipinski definition) is 1. The second-order valence-corrected chi connectivity index (χ2v) is 5.74. The average Bonchev–Trinajstić information content (AvgIpc) is 2.75. The predicted molar refractivity (Wildman–Crippen MR) is 75.1 cm³/mol. The second kappa shape index (κ2) is 5.75. The molecule has 0 saturated heterocycles. The number of oxazole rings is 1. The minimum absolute atomic E-state index is 0.0168. The van der Waals surface area contributed by atoms with Crippen molar-refractivity contribution in [2.45, 2.75) is 20.3 Å². The van der Waals surface area contributed by atoms with Crippen LogP contribution < -0.4 is 0 Å². The SMILES string of the molecule is CC(C)Cc1nc(-c2cc(Br)ccc2F)oc1C(=O)O.